The molecule has 0 bridgehead atoms. The zero-order valence-corrected chi connectivity index (χ0v) is 31.4. The Morgan fingerprint density at radius 2 is 1.40 bits per heavy atom. The maximum Gasteiger partial charge on any atom is 2.00 e. The number of hydrogen-bond donors (Lipinski definition) is 0. The quantitative estimate of drug-likeness (QED) is 0.166. The topological polar surface area (TPSA) is 49.7 Å². The van der Waals surface area contributed by atoms with Gasteiger partial charge in [0.2, 0.25) is 0 Å². The first kappa shape index (κ1) is 32.2. The Labute approximate surface area is 315 Å². The van der Waals surface area contributed by atoms with Crippen LogP contribution in [0.25, 0.3) is 88.7 Å². The van der Waals surface area contributed by atoms with E-state index in [0.29, 0.717) is 0 Å². The van der Waals surface area contributed by atoms with E-state index in [-0.39, 0.29) is 21.1 Å². The molecule has 0 N–H and O–H groups in total. The van der Waals surface area contributed by atoms with Gasteiger partial charge in [0.05, 0.1) is 11.0 Å². The molecular weight excluding hydrogens is 818 g/mol. The molecule has 4 aromatic heterocycles. The van der Waals surface area contributed by atoms with Crippen molar-refractivity contribution in [2.75, 3.05) is 0 Å². The summed E-state index contributed by atoms with van der Waals surface area (Å²) in [5, 5.41) is 4.76. The summed E-state index contributed by atoms with van der Waals surface area (Å²) < 4.78 is 4.50. The summed E-state index contributed by atoms with van der Waals surface area (Å²) >= 11 is 0. The van der Waals surface area contributed by atoms with Crippen molar-refractivity contribution < 1.29 is 21.1 Å². The Kier molecular flexibility index (Phi) is 7.53. The van der Waals surface area contributed by atoms with E-state index in [2.05, 4.69) is 146 Å². The van der Waals surface area contributed by atoms with E-state index in [4.69, 9.17) is 15.0 Å². The summed E-state index contributed by atoms with van der Waals surface area (Å²) in [4.78, 5) is 15.6. The average Bonchev–Trinajstić information content (AvgIpc) is 3.85. The molecule has 52 heavy (non-hydrogen) atoms. The second-order valence-corrected chi connectivity index (χ2v) is 13.6. The molecule has 5 nitrogen and oxygen atoms in total. The molecule has 0 aliphatic rings. The summed E-state index contributed by atoms with van der Waals surface area (Å²) in [6, 6.07) is 46.4. The summed E-state index contributed by atoms with van der Waals surface area (Å²) in [6.07, 6.45) is 1.84. The molecule has 10 aromatic rings. The number of imidazole rings is 1. The van der Waals surface area contributed by atoms with Crippen LogP contribution in [0.1, 0.15) is 22.3 Å². The van der Waals surface area contributed by atoms with Crippen LogP contribution in [-0.2, 0) is 21.1 Å². The van der Waals surface area contributed by atoms with Gasteiger partial charge in [-0.05, 0) is 108 Å². The number of para-hydroxylation sites is 3. The molecule has 0 amide bonds. The van der Waals surface area contributed by atoms with Crippen molar-refractivity contribution >= 4 is 54.6 Å². The fourth-order valence-electron chi connectivity index (χ4n) is 8.00. The molecule has 0 aliphatic carbocycles. The summed E-state index contributed by atoms with van der Waals surface area (Å²) in [7, 11) is 0. The molecule has 10 rings (SSSR count). The molecule has 252 valence electrons. The number of nitrogens with zero attached hydrogens (tertiary/aromatic N) is 5. The van der Waals surface area contributed by atoms with Crippen LogP contribution in [0.5, 0.6) is 0 Å². The number of aryl methyl sites for hydroxylation is 3. The number of pyridine rings is 1. The normalized spacial score (nSPS) is 11.7. The second-order valence-electron chi connectivity index (χ2n) is 13.6. The Bertz CT molecular complexity index is 3000. The van der Waals surface area contributed by atoms with E-state index in [1.165, 1.54) is 38.4 Å². The number of rotatable bonds is 4. The van der Waals surface area contributed by atoms with Crippen LogP contribution < -0.4 is 4.98 Å². The molecule has 0 unspecified atom stereocenters. The maximum atomic E-state index is 5.53. The number of fused-ring (bicyclic) bond motifs is 7. The maximum absolute atomic E-state index is 5.53. The first-order valence-corrected chi connectivity index (χ1v) is 17.4. The van der Waals surface area contributed by atoms with Crippen LogP contribution in [0, 0.1) is 33.8 Å². The van der Waals surface area contributed by atoms with Crippen LogP contribution in [0.2, 0.25) is 0 Å². The number of aromatic nitrogens is 5. The van der Waals surface area contributed by atoms with Crippen molar-refractivity contribution in [3.05, 3.63) is 156 Å². The summed E-state index contributed by atoms with van der Waals surface area (Å²) in [5.41, 5.74) is 15.2. The van der Waals surface area contributed by atoms with Crippen molar-refractivity contribution in [2.45, 2.75) is 27.7 Å². The monoisotopic (exact) mass is 850 g/mol. The zero-order valence-electron chi connectivity index (χ0n) is 29.2. The number of hydrogen-bond acceptors (Lipinski definition) is 2. The van der Waals surface area contributed by atoms with Gasteiger partial charge in [0.25, 0.3) is 0 Å². The van der Waals surface area contributed by atoms with E-state index in [9.17, 15) is 0 Å². The van der Waals surface area contributed by atoms with Gasteiger partial charge in [0, 0.05) is 23.0 Å². The van der Waals surface area contributed by atoms with Gasteiger partial charge in [0.15, 0.2) is 0 Å². The Morgan fingerprint density at radius 1 is 0.615 bits per heavy atom. The van der Waals surface area contributed by atoms with Crippen molar-refractivity contribution in [3.8, 4) is 34.0 Å². The van der Waals surface area contributed by atoms with Gasteiger partial charge in [-0.3, -0.25) is 4.57 Å². The van der Waals surface area contributed by atoms with Gasteiger partial charge in [-0.25, -0.2) is 9.97 Å². The average molecular weight is 851 g/mol. The van der Waals surface area contributed by atoms with Crippen LogP contribution >= 0.6 is 0 Å². The number of benzene rings is 6. The van der Waals surface area contributed by atoms with E-state index < -0.39 is 0 Å². The molecule has 0 radical (unpaired) electrons. The van der Waals surface area contributed by atoms with Gasteiger partial charge in [-0.1, -0.05) is 83.7 Å². The van der Waals surface area contributed by atoms with Gasteiger partial charge in [-0.15, -0.1) is 34.8 Å². The van der Waals surface area contributed by atoms with E-state index >= 15 is 0 Å². The third kappa shape index (κ3) is 4.66. The first-order valence-electron chi connectivity index (χ1n) is 17.4. The molecule has 0 aliphatic heterocycles. The van der Waals surface area contributed by atoms with E-state index in [1.54, 1.807) is 0 Å². The van der Waals surface area contributed by atoms with Crippen molar-refractivity contribution in [3.63, 3.8) is 0 Å². The minimum atomic E-state index is 0. The SMILES string of the molecule is Cc1cc2[n-]c3c(-c4nc5c(-c6[c-]c7c(cc6)c6ccccc6n7-c6ccccn6)cccc5n4-c4ccccc4)ccc(C)c3c2c(C)c1C.[Pt+2]. The minimum absolute atomic E-state index is 0. The molecule has 0 spiro atoms. The van der Waals surface area contributed by atoms with E-state index in [0.717, 1.165) is 72.5 Å². The molecular formula is C46H33N5Pt. The van der Waals surface area contributed by atoms with Crippen molar-refractivity contribution in [1.29, 1.82) is 0 Å². The third-order valence-corrected chi connectivity index (χ3v) is 10.7. The largest absolute Gasteiger partial charge is 2.00 e. The Hall–Kier alpha value is -5.77. The molecule has 6 heteroatoms. The summed E-state index contributed by atoms with van der Waals surface area (Å²) in [5.74, 6) is 1.73. The zero-order chi connectivity index (χ0) is 34.4. The minimum Gasteiger partial charge on any atom is -0.656 e. The predicted molar refractivity (Wildman–Crippen MR) is 210 cm³/mol. The summed E-state index contributed by atoms with van der Waals surface area (Å²) in [6.45, 7) is 8.80. The molecule has 0 atom stereocenters. The van der Waals surface area contributed by atoms with Crippen LogP contribution in [0.15, 0.2) is 128 Å². The van der Waals surface area contributed by atoms with Crippen molar-refractivity contribution in [2.24, 2.45) is 0 Å². The first-order chi connectivity index (χ1) is 25.0. The second kappa shape index (κ2) is 12.2. The molecule has 0 fully saturated rings. The van der Waals surface area contributed by atoms with Crippen molar-refractivity contribution in [1.82, 2.24) is 24.1 Å². The fourth-order valence-corrected chi connectivity index (χ4v) is 8.00. The van der Waals surface area contributed by atoms with E-state index in [1.807, 2.05) is 24.4 Å². The third-order valence-electron chi connectivity index (χ3n) is 10.7. The van der Waals surface area contributed by atoms with Gasteiger partial charge >= 0.3 is 21.1 Å². The van der Waals surface area contributed by atoms with Crippen LogP contribution in [-0.4, -0.2) is 19.1 Å². The van der Waals surface area contributed by atoms with Gasteiger partial charge < -0.3 is 9.55 Å². The molecule has 4 heterocycles. The van der Waals surface area contributed by atoms with Crippen LogP contribution in [0.4, 0.5) is 0 Å². The molecule has 6 aromatic carbocycles. The smallest absolute Gasteiger partial charge is 0.656 e. The van der Waals surface area contributed by atoms with Gasteiger partial charge in [0.1, 0.15) is 11.6 Å². The standard InChI is InChI=1S/C46H33N5.Pt/c1-27-20-22-36(45-42(27)43-30(4)29(3)28(2)25-37(43)48-45)46-49-44-33(16-12-18-39(44)50(46)32-13-6-5-7-14-32)31-21-23-35-34-15-8-9-17-38(34)51(40(35)26-31)41-19-10-11-24-47-41;/h5-25H,1-4H3;/q-2;+2. The molecule has 0 saturated heterocycles. The van der Waals surface area contributed by atoms with Gasteiger partial charge in [-0.2, -0.15) is 0 Å². The Balaban J connectivity index is 0.00000360. The predicted octanol–water partition coefficient (Wildman–Crippen LogP) is 11.1. The Morgan fingerprint density at radius 3 is 2.23 bits per heavy atom. The molecule has 0 saturated carbocycles. The van der Waals surface area contributed by atoms with Crippen LogP contribution in [0.3, 0.4) is 0 Å². The fraction of sp³-hybridized carbons (Fsp3) is 0.0870.